The van der Waals surface area contributed by atoms with Gasteiger partial charge in [0.15, 0.2) is 0 Å². The van der Waals surface area contributed by atoms with E-state index in [9.17, 15) is 9.59 Å². The fourth-order valence-electron chi connectivity index (χ4n) is 6.42. The number of fused-ring (bicyclic) bond motifs is 6. The number of hydrogen-bond acceptors (Lipinski definition) is 6. The van der Waals surface area contributed by atoms with Crippen LogP contribution in [0, 0.1) is 0 Å². The zero-order valence-corrected chi connectivity index (χ0v) is 27.1. The summed E-state index contributed by atoms with van der Waals surface area (Å²) in [4.78, 5) is 30.0. The average Bonchev–Trinajstić information content (AvgIpc) is 3.75. The van der Waals surface area contributed by atoms with E-state index >= 15 is 0 Å². The van der Waals surface area contributed by atoms with Crippen molar-refractivity contribution in [3.05, 3.63) is 129 Å². The largest absolute Gasteiger partial charge is 0.422 e. The van der Waals surface area contributed by atoms with Crippen molar-refractivity contribution in [3.8, 4) is 30.6 Å². The standard InChI is InChI=1S/C40H30O4S2/c1-3-5-23-7-11-27-25(19-23)9-13-33-29(27)21-31(39(41)43-33)35-15-17-37(45-35)38-18-16-36(46-38)32-22-30-28-12-8-24(6-4-2)20-26(28)10-14-34(30)44-40(32)42/h7-22H,3-6H2,1-2H3. The molecular weight excluding hydrogens is 609 g/mol. The van der Waals surface area contributed by atoms with Gasteiger partial charge in [-0.1, -0.05) is 75.2 Å². The summed E-state index contributed by atoms with van der Waals surface area (Å²) in [5.74, 6) is 0. The number of benzene rings is 4. The summed E-state index contributed by atoms with van der Waals surface area (Å²) in [5.41, 5.74) is 4.20. The molecule has 4 heterocycles. The molecule has 4 aromatic carbocycles. The highest BCUT2D eigenvalue weighted by Gasteiger charge is 2.17. The van der Waals surface area contributed by atoms with E-state index in [2.05, 4.69) is 50.2 Å². The minimum Gasteiger partial charge on any atom is -0.422 e. The zero-order valence-electron chi connectivity index (χ0n) is 25.5. The van der Waals surface area contributed by atoms with Crippen LogP contribution in [0.4, 0.5) is 0 Å². The summed E-state index contributed by atoms with van der Waals surface area (Å²) < 4.78 is 11.6. The molecule has 0 bridgehead atoms. The fourth-order valence-corrected chi connectivity index (χ4v) is 8.53. The Morgan fingerprint density at radius 3 is 1.35 bits per heavy atom. The van der Waals surface area contributed by atoms with Gasteiger partial charge >= 0.3 is 11.3 Å². The average molecular weight is 639 g/mol. The summed E-state index contributed by atoms with van der Waals surface area (Å²) in [6.45, 7) is 4.37. The zero-order chi connectivity index (χ0) is 31.4. The molecular formula is C40H30O4S2. The van der Waals surface area contributed by atoms with Crippen molar-refractivity contribution in [3.63, 3.8) is 0 Å². The van der Waals surface area contributed by atoms with Crippen LogP contribution in [0.15, 0.2) is 115 Å². The Morgan fingerprint density at radius 1 is 0.478 bits per heavy atom. The predicted octanol–water partition coefficient (Wildman–Crippen LogP) is 11.2. The van der Waals surface area contributed by atoms with Crippen molar-refractivity contribution in [2.75, 3.05) is 0 Å². The Balaban J connectivity index is 1.16. The third-order valence-electron chi connectivity index (χ3n) is 8.66. The molecule has 0 radical (unpaired) electrons. The van der Waals surface area contributed by atoms with Gasteiger partial charge in [-0.05, 0) is 94.0 Å². The van der Waals surface area contributed by atoms with Gasteiger partial charge in [0, 0.05) is 30.3 Å². The Labute approximate surface area is 273 Å². The minimum atomic E-state index is -0.350. The molecule has 46 heavy (non-hydrogen) atoms. The molecule has 4 nitrogen and oxygen atoms in total. The maximum atomic E-state index is 13.1. The van der Waals surface area contributed by atoms with Crippen LogP contribution in [0.1, 0.15) is 37.8 Å². The van der Waals surface area contributed by atoms with Gasteiger partial charge in [-0.25, -0.2) is 9.59 Å². The number of rotatable bonds is 7. The smallest absolute Gasteiger partial charge is 0.345 e. The van der Waals surface area contributed by atoms with Crippen LogP contribution in [-0.4, -0.2) is 0 Å². The number of hydrogen-bond donors (Lipinski definition) is 0. The maximum absolute atomic E-state index is 13.1. The second kappa shape index (κ2) is 11.5. The summed E-state index contributed by atoms with van der Waals surface area (Å²) in [7, 11) is 0. The van der Waals surface area contributed by atoms with E-state index in [1.54, 1.807) is 22.7 Å². The normalized spacial score (nSPS) is 11.8. The Hall–Kier alpha value is -4.78. The minimum absolute atomic E-state index is 0.350. The molecule has 8 rings (SSSR count). The molecule has 0 amide bonds. The van der Waals surface area contributed by atoms with E-state index in [0.717, 1.165) is 77.5 Å². The van der Waals surface area contributed by atoms with E-state index in [1.165, 1.54) is 11.1 Å². The molecule has 0 aliphatic carbocycles. The summed E-state index contributed by atoms with van der Waals surface area (Å²) in [6.07, 6.45) is 4.26. The lowest BCUT2D eigenvalue weighted by Gasteiger charge is -2.07. The van der Waals surface area contributed by atoms with Gasteiger partial charge in [-0.15, -0.1) is 22.7 Å². The van der Waals surface area contributed by atoms with Crippen LogP contribution >= 0.6 is 22.7 Å². The SMILES string of the molecule is CCCc1ccc2c(ccc3oc(=O)c(-c4ccc(-c5ccc(-c6cc7c(ccc8cc(CCC)ccc87)oc6=O)s5)s4)cc32)c1. The molecule has 226 valence electrons. The highest BCUT2D eigenvalue weighted by Crippen LogP contribution is 2.41. The van der Waals surface area contributed by atoms with Crippen LogP contribution in [0.5, 0.6) is 0 Å². The second-order valence-corrected chi connectivity index (χ2v) is 14.0. The Kier molecular flexibility index (Phi) is 7.19. The molecule has 0 aliphatic heterocycles. The van der Waals surface area contributed by atoms with Gasteiger partial charge in [0.1, 0.15) is 11.2 Å². The first kappa shape index (κ1) is 28.7. The predicted molar refractivity (Wildman–Crippen MR) is 194 cm³/mol. The van der Waals surface area contributed by atoms with E-state index in [4.69, 9.17) is 8.83 Å². The molecule has 8 aromatic rings. The molecule has 0 saturated heterocycles. The molecule has 0 saturated carbocycles. The highest BCUT2D eigenvalue weighted by molar-refractivity contribution is 7.25. The van der Waals surface area contributed by atoms with Crippen LogP contribution < -0.4 is 11.3 Å². The van der Waals surface area contributed by atoms with Gasteiger partial charge in [-0.2, -0.15) is 0 Å². The number of thiophene rings is 2. The Morgan fingerprint density at radius 2 is 0.913 bits per heavy atom. The molecule has 0 unspecified atom stereocenters. The summed E-state index contributed by atoms with van der Waals surface area (Å²) >= 11 is 3.09. The van der Waals surface area contributed by atoms with Gasteiger partial charge in [0.25, 0.3) is 0 Å². The van der Waals surface area contributed by atoms with Crippen molar-refractivity contribution in [1.82, 2.24) is 0 Å². The van der Waals surface area contributed by atoms with Crippen LogP contribution in [0.3, 0.4) is 0 Å². The lowest BCUT2D eigenvalue weighted by atomic mass is 10.0. The van der Waals surface area contributed by atoms with Crippen molar-refractivity contribution >= 4 is 66.2 Å². The molecule has 0 aliphatic rings. The van der Waals surface area contributed by atoms with Crippen molar-refractivity contribution in [1.29, 1.82) is 0 Å². The van der Waals surface area contributed by atoms with Crippen LogP contribution in [-0.2, 0) is 12.8 Å². The third kappa shape index (κ3) is 4.98. The molecule has 0 N–H and O–H groups in total. The topological polar surface area (TPSA) is 60.4 Å². The molecule has 0 spiro atoms. The van der Waals surface area contributed by atoms with E-state index in [0.29, 0.717) is 22.3 Å². The van der Waals surface area contributed by atoms with Gasteiger partial charge < -0.3 is 8.83 Å². The fraction of sp³-hybridized carbons (Fsp3) is 0.150. The van der Waals surface area contributed by atoms with Gasteiger partial charge in [0.05, 0.1) is 11.1 Å². The highest BCUT2D eigenvalue weighted by atomic mass is 32.1. The summed E-state index contributed by atoms with van der Waals surface area (Å²) in [6, 6.07) is 32.8. The van der Waals surface area contributed by atoms with Crippen molar-refractivity contribution in [2.45, 2.75) is 39.5 Å². The van der Waals surface area contributed by atoms with E-state index in [1.807, 2.05) is 60.7 Å². The van der Waals surface area contributed by atoms with Gasteiger partial charge in [0.2, 0.25) is 0 Å². The molecule has 6 heteroatoms. The van der Waals surface area contributed by atoms with E-state index < -0.39 is 0 Å². The van der Waals surface area contributed by atoms with E-state index in [-0.39, 0.29) is 11.3 Å². The van der Waals surface area contributed by atoms with Gasteiger partial charge in [-0.3, -0.25) is 0 Å². The first-order valence-corrected chi connectivity index (χ1v) is 17.3. The van der Waals surface area contributed by atoms with Crippen molar-refractivity contribution in [2.24, 2.45) is 0 Å². The quantitative estimate of drug-likeness (QED) is 0.129. The maximum Gasteiger partial charge on any atom is 0.345 e. The lowest BCUT2D eigenvalue weighted by molar-refractivity contribution is 0.564. The Bertz CT molecular complexity index is 2380. The second-order valence-electron chi connectivity index (χ2n) is 11.8. The lowest BCUT2D eigenvalue weighted by Crippen LogP contribution is -2.01. The number of aryl methyl sites for hydroxylation is 2. The molecule has 0 fully saturated rings. The molecule has 4 aromatic heterocycles. The van der Waals surface area contributed by atoms with Crippen molar-refractivity contribution < 1.29 is 8.83 Å². The first-order chi connectivity index (χ1) is 22.5. The monoisotopic (exact) mass is 638 g/mol. The van der Waals surface area contributed by atoms with Crippen LogP contribution in [0.2, 0.25) is 0 Å². The summed E-state index contributed by atoms with van der Waals surface area (Å²) in [5, 5.41) is 6.30. The van der Waals surface area contributed by atoms with Crippen LogP contribution in [0.25, 0.3) is 74.1 Å². The molecule has 0 atom stereocenters. The first-order valence-electron chi connectivity index (χ1n) is 15.7. The third-order valence-corrected chi connectivity index (χ3v) is 11.1.